The van der Waals surface area contributed by atoms with Gasteiger partial charge in [0, 0.05) is 30.7 Å². The molecule has 4 rings (SSSR count). The summed E-state index contributed by atoms with van der Waals surface area (Å²) in [4.78, 5) is 41.8. The molecule has 1 aromatic rings. The number of hydrogen-bond acceptors (Lipinski definition) is 4. The van der Waals surface area contributed by atoms with Gasteiger partial charge in [-0.1, -0.05) is 19.3 Å². The van der Waals surface area contributed by atoms with Gasteiger partial charge in [-0.25, -0.2) is 0 Å². The summed E-state index contributed by atoms with van der Waals surface area (Å²) in [6.45, 7) is 1.42. The second-order valence-corrected chi connectivity index (χ2v) is 7.89. The summed E-state index contributed by atoms with van der Waals surface area (Å²) < 4.78 is 0. The molecule has 144 valence electrons. The minimum absolute atomic E-state index is 0.00544. The monoisotopic (exact) mass is 369 g/mol. The molecular weight excluding hydrogens is 342 g/mol. The molecule has 2 heterocycles. The first-order valence-electron chi connectivity index (χ1n) is 10.1. The van der Waals surface area contributed by atoms with Gasteiger partial charge in [-0.3, -0.25) is 19.3 Å². The summed E-state index contributed by atoms with van der Waals surface area (Å²) in [6.07, 6.45) is 6.92. The summed E-state index contributed by atoms with van der Waals surface area (Å²) in [7, 11) is 1.95. The number of nitrogens with zero attached hydrogens (tertiary/aromatic N) is 2. The second kappa shape index (κ2) is 7.43. The Morgan fingerprint density at radius 2 is 1.63 bits per heavy atom. The minimum atomic E-state index is -0.231. The van der Waals surface area contributed by atoms with Crippen molar-refractivity contribution in [2.45, 2.75) is 57.0 Å². The average Bonchev–Trinajstić information content (AvgIpc) is 2.98. The van der Waals surface area contributed by atoms with Crippen LogP contribution in [-0.4, -0.2) is 59.7 Å². The van der Waals surface area contributed by atoms with Crippen LogP contribution in [0.3, 0.4) is 0 Å². The number of piperidine rings is 1. The largest absolute Gasteiger partial charge is 0.339 e. The van der Waals surface area contributed by atoms with Crippen LogP contribution >= 0.6 is 0 Å². The van der Waals surface area contributed by atoms with Crippen LogP contribution in [0.15, 0.2) is 18.2 Å². The van der Waals surface area contributed by atoms with E-state index in [1.807, 2.05) is 11.9 Å². The number of benzene rings is 1. The maximum Gasteiger partial charge on any atom is 0.261 e. The Labute approximate surface area is 159 Å². The number of rotatable bonds is 3. The van der Waals surface area contributed by atoms with Crippen molar-refractivity contribution in [3.8, 4) is 0 Å². The van der Waals surface area contributed by atoms with E-state index in [2.05, 4.69) is 5.32 Å². The Bertz CT molecular complexity index is 762. The van der Waals surface area contributed by atoms with E-state index in [9.17, 15) is 14.4 Å². The molecule has 6 heteroatoms. The molecule has 1 aromatic carbocycles. The van der Waals surface area contributed by atoms with Crippen molar-refractivity contribution in [2.75, 3.05) is 20.1 Å². The molecule has 0 radical (unpaired) electrons. The van der Waals surface area contributed by atoms with Gasteiger partial charge in [-0.05, 0) is 50.9 Å². The van der Waals surface area contributed by atoms with Gasteiger partial charge >= 0.3 is 0 Å². The third kappa shape index (κ3) is 3.27. The third-order valence-electron chi connectivity index (χ3n) is 6.30. The van der Waals surface area contributed by atoms with Crippen molar-refractivity contribution in [2.24, 2.45) is 0 Å². The van der Waals surface area contributed by atoms with Crippen LogP contribution in [0.25, 0.3) is 0 Å². The van der Waals surface area contributed by atoms with Crippen LogP contribution in [0.2, 0.25) is 0 Å². The summed E-state index contributed by atoms with van der Waals surface area (Å²) in [5.41, 5.74) is 1.33. The molecule has 2 fully saturated rings. The van der Waals surface area contributed by atoms with Crippen LogP contribution in [-0.2, 0) is 0 Å². The zero-order valence-electron chi connectivity index (χ0n) is 15.9. The number of imide groups is 1. The van der Waals surface area contributed by atoms with E-state index in [-0.39, 0.29) is 23.8 Å². The van der Waals surface area contributed by atoms with Crippen molar-refractivity contribution in [3.05, 3.63) is 34.9 Å². The van der Waals surface area contributed by atoms with Gasteiger partial charge in [0.15, 0.2) is 0 Å². The number of amides is 3. The van der Waals surface area contributed by atoms with Crippen molar-refractivity contribution in [1.82, 2.24) is 15.1 Å². The van der Waals surface area contributed by atoms with E-state index in [1.165, 1.54) is 11.3 Å². The van der Waals surface area contributed by atoms with E-state index in [4.69, 9.17) is 0 Å². The minimum Gasteiger partial charge on any atom is -0.339 e. The fraction of sp³-hybridized carbons (Fsp3) is 0.571. The average molecular weight is 369 g/mol. The number of fused-ring (bicyclic) bond motifs is 1. The van der Waals surface area contributed by atoms with Crippen LogP contribution in [0.5, 0.6) is 0 Å². The van der Waals surface area contributed by atoms with E-state index >= 15 is 0 Å². The Balaban J connectivity index is 1.53. The second-order valence-electron chi connectivity index (χ2n) is 7.89. The third-order valence-corrected chi connectivity index (χ3v) is 6.30. The lowest BCUT2D eigenvalue weighted by Gasteiger charge is -2.31. The van der Waals surface area contributed by atoms with Gasteiger partial charge in [0.05, 0.1) is 11.1 Å². The maximum atomic E-state index is 12.9. The molecule has 1 aliphatic carbocycles. The van der Waals surface area contributed by atoms with Crippen LogP contribution in [0, 0.1) is 0 Å². The Morgan fingerprint density at radius 3 is 2.30 bits per heavy atom. The Kier molecular flexibility index (Phi) is 5.00. The lowest BCUT2D eigenvalue weighted by Crippen LogP contribution is -2.44. The van der Waals surface area contributed by atoms with Crippen LogP contribution < -0.4 is 5.32 Å². The molecule has 0 unspecified atom stereocenters. The zero-order valence-corrected chi connectivity index (χ0v) is 15.9. The lowest BCUT2D eigenvalue weighted by molar-refractivity contribution is 0.0548. The van der Waals surface area contributed by atoms with E-state index in [1.54, 1.807) is 18.2 Å². The highest BCUT2D eigenvalue weighted by atomic mass is 16.2. The van der Waals surface area contributed by atoms with Crippen LogP contribution in [0.1, 0.15) is 76.0 Å². The molecule has 6 nitrogen and oxygen atoms in total. The molecule has 2 aliphatic heterocycles. The highest BCUT2D eigenvalue weighted by molar-refractivity contribution is 6.22. The predicted molar refractivity (Wildman–Crippen MR) is 102 cm³/mol. The molecule has 0 bridgehead atoms. The number of likely N-dealkylation sites (tertiary alicyclic amines) is 1. The van der Waals surface area contributed by atoms with E-state index < -0.39 is 0 Å². The quantitative estimate of drug-likeness (QED) is 0.831. The van der Waals surface area contributed by atoms with Gasteiger partial charge in [-0.2, -0.15) is 0 Å². The predicted octanol–water partition coefficient (Wildman–Crippen LogP) is 2.44. The van der Waals surface area contributed by atoms with Crippen molar-refractivity contribution < 1.29 is 14.4 Å². The molecule has 3 amide bonds. The van der Waals surface area contributed by atoms with E-state index in [0.717, 1.165) is 38.5 Å². The zero-order chi connectivity index (χ0) is 19.0. The number of nitrogens with one attached hydrogen (secondary N) is 1. The first kappa shape index (κ1) is 18.2. The van der Waals surface area contributed by atoms with Crippen molar-refractivity contribution in [3.63, 3.8) is 0 Å². The molecule has 1 N–H and O–H groups in total. The van der Waals surface area contributed by atoms with Crippen LogP contribution in [0.4, 0.5) is 0 Å². The molecule has 0 aromatic heterocycles. The van der Waals surface area contributed by atoms with Gasteiger partial charge in [0.2, 0.25) is 0 Å². The molecule has 27 heavy (non-hydrogen) atoms. The number of hydrogen-bond donors (Lipinski definition) is 1. The highest BCUT2D eigenvalue weighted by Gasteiger charge is 2.40. The Hall–Kier alpha value is -2.21. The first-order valence-corrected chi connectivity index (χ1v) is 10.1. The Morgan fingerprint density at radius 1 is 0.963 bits per heavy atom. The highest BCUT2D eigenvalue weighted by Crippen LogP contribution is 2.31. The van der Waals surface area contributed by atoms with Crippen molar-refractivity contribution >= 4 is 17.7 Å². The number of carbonyl (C=O) groups is 3. The standard InChI is InChI=1S/C21H27N3O3/c1-22-15-9-11-23(12-10-15)19(25)14-7-8-17-18(13-14)21(27)24(20(17)26)16-5-3-2-4-6-16/h7-8,13,15-16,22H,2-6,9-12H2,1H3. The fourth-order valence-corrected chi connectivity index (χ4v) is 4.62. The smallest absolute Gasteiger partial charge is 0.261 e. The molecule has 1 saturated heterocycles. The summed E-state index contributed by atoms with van der Waals surface area (Å²) in [5.74, 6) is -0.482. The lowest BCUT2D eigenvalue weighted by atomic mass is 9.94. The maximum absolute atomic E-state index is 12.9. The molecule has 0 spiro atoms. The fourth-order valence-electron chi connectivity index (χ4n) is 4.62. The first-order chi connectivity index (χ1) is 13.1. The topological polar surface area (TPSA) is 69.7 Å². The van der Waals surface area contributed by atoms with Gasteiger partial charge in [0.25, 0.3) is 17.7 Å². The van der Waals surface area contributed by atoms with Crippen molar-refractivity contribution in [1.29, 1.82) is 0 Å². The normalized spacial score (nSPS) is 21.7. The summed E-state index contributed by atoms with van der Waals surface area (Å²) >= 11 is 0. The van der Waals surface area contributed by atoms with Gasteiger partial charge < -0.3 is 10.2 Å². The van der Waals surface area contributed by atoms with Gasteiger partial charge in [-0.15, -0.1) is 0 Å². The number of carbonyl (C=O) groups excluding carboxylic acids is 3. The summed E-state index contributed by atoms with van der Waals surface area (Å²) in [6, 6.07) is 5.45. The molecule has 3 aliphatic rings. The van der Waals surface area contributed by atoms with E-state index in [0.29, 0.717) is 35.8 Å². The SMILES string of the molecule is CNC1CCN(C(=O)c2ccc3c(c2)C(=O)N(C2CCCCC2)C3=O)CC1. The molecular formula is C21H27N3O3. The summed E-state index contributed by atoms with van der Waals surface area (Å²) in [5, 5.41) is 3.26. The molecule has 1 saturated carbocycles. The molecule has 0 atom stereocenters. The van der Waals surface area contributed by atoms with Gasteiger partial charge in [0.1, 0.15) is 0 Å².